The number of benzene rings is 1. The number of halogens is 1. The lowest BCUT2D eigenvalue weighted by Gasteiger charge is -2.21. The first-order chi connectivity index (χ1) is 9.61. The van der Waals surface area contributed by atoms with E-state index < -0.39 is 10.8 Å². The third-order valence-corrected chi connectivity index (χ3v) is 6.41. The zero-order chi connectivity index (χ0) is 14.5. The fourth-order valence-electron chi connectivity index (χ4n) is 2.97. The van der Waals surface area contributed by atoms with Gasteiger partial charge in [-0.15, -0.1) is 0 Å². The van der Waals surface area contributed by atoms with Crippen molar-refractivity contribution in [2.24, 2.45) is 5.92 Å². The van der Waals surface area contributed by atoms with Crippen molar-refractivity contribution in [1.29, 1.82) is 0 Å². The van der Waals surface area contributed by atoms with Gasteiger partial charge in [-0.1, -0.05) is 37.6 Å². The fraction of sp³-hybridized carbons (Fsp3) is 0.625. The minimum absolute atomic E-state index is 0.319. The summed E-state index contributed by atoms with van der Waals surface area (Å²) in [5.41, 5.74) is 1.12. The molecule has 4 atom stereocenters. The second-order valence-corrected chi connectivity index (χ2v) is 7.78. The molecular formula is C16H24ClNOS. The van der Waals surface area contributed by atoms with Crippen molar-refractivity contribution in [3.05, 3.63) is 34.9 Å². The highest BCUT2D eigenvalue weighted by Crippen LogP contribution is 2.31. The summed E-state index contributed by atoms with van der Waals surface area (Å²) in [5, 5.41) is 4.64. The van der Waals surface area contributed by atoms with E-state index in [-0.39, 0.29) is 0 Å². The topological polar surface area (TPSA) is 29.1 Å². The molecule has 1 aromatic carbocycles. The van der Waals surface area contributed by atoms with Gasteiger partial charge in [0.25, 0.3) is 0 Å². The van der Waals surface area contributed by atoms with Gasteiger partial charge in [0.1, 0.15) is 0 Å². The van der Waals surface area contributed by atoms with E-state index >= 15 is 0 Å². The van der Waals surface area contributed by atoms with Crippen LogP contribution in [0.25, 0.3) is 0 Å². The number of rotatable bonds is 6. The SMILES string of the molecule is CCCNC1CCC(S(=O)Cc2ccc(Cl)cc2)C1C. The number of hydrogen-bond acceptors (Lipinski definition) is 2. The minimum atomic E-state index is -0.792. The molecule has 0 amide bonds. The van der Waals surface area contributed by atoms with Gasteiger partial charge in [-0.25, -0.2) is 0 Å². The molecule has 0 radical (unpaired) electrons. The molecule has 0 spiro atoms. The lowest BCUT2D eigenvalue weighted by molar-refractivity contribution is 0.429. The average Bonchev–Trinajstić information content (AvgIpc) is 2.80. The maximum atomic E-state index is 12.6. The Balaban J connectivity index is 1.91. The Morgan fingerprint density at radius 2 is 2.00 bits per heavy atom. The monoisotopic (exact) mass is 313 g/mol. The zero-order valence-electron chi connectivity index (χ0n) is 12.3. The molecule has 0 bridgehead atoms. The van der Waals surface area contributed by atoms with E-state index in [0.717, 1.165) is 36.4 Å². The first-order valence-corrected chi connectivity index (χ1v) is 9.22. The summed E-state index contributed by atoms with van der Waals surface area (Å²) in [7, 11) is -0.792. The number of nitrogens with one attached hydrogen (secondary N) is 1. The third kappa shape index (κ3) is 4.06. The Morgan fingerprint density at radius 1 is 1.30 bits per heavy atom. The Kier molecular flexibility index (Phi) is 6.06. The summed E-state index contributed by atoms with van der Waals surface area (Å²) in [6.07, 6.45) is 3.38. The highest BCUT2D eigenvalue weighted by atomic mass is 35.5. The van der Waals surface area contributed by atoms with Crippen molar-refractivity contribution in [1.82, 2.24) is 5.32 Å². The highest BCUT2D eigenvalue weighted by molar-refractivity contribution is 7.84. The van der Waals surface area contributed by atoms with Crippen LogP contribution in [0.2, 0.25) is 5.02 Å². The van der Waals surface area contributed by atoms with Crippen LogP contribution >= 0.6 is 11.6 Å². The van der Waals surface area contributed by atoms with E-state index in [0.29, 0.717) is 23.0 Å². The summed E-state index contributed by atoms with van der Waals surface area (Å²) in [6.45, 7) is 5.49. The van der Waals surface area contributed by atoms with Crippen LogP contribution in [0, 0.1) is 5.92 Å². The second kappa shape index (κ2) is 7.58. The maximum Gasteiger partial charge on any atom is 0.0488 e. The van der Waals surface area contributed by atoms with E-state index in [4.69, 9.17) is 11.6 Å². The van der Waals surface area contributed by atoms with E-state index in [1.54, 1.807) is 0 Å². The van der Waals surface area contributed by atoms with Gasteiger partial charge in [0.05, 0.1) is 0 Å². The van der Waals surface area contributed by atoms with Crippen molar-refractivity contribution >= 4 is 22.4 Å². The lowest BCUT2D eigenvalue weighted by Crippen LogP contribution is -2.35. The van der Waals surface area contributed by atoms with Crippen LogP contribution in [0.15, 0.2) is 24.3 Å². The van der Waals surface area contributed by atoms with Crippen molar-refractivity contribution in [2.75, 3.05) is 6.54 Å². The van der Waals surface area contributed by atoms with Gasteiger partial charge in [0.2, 0.25) is 0 Å². The molecule has 2 nitrogen and oxygen atoms in total. The molecule has 0 aliphatic heterocycles. The van der Waals surface area contributed by atoms with Gasteiger partial charge >= 0.3 is 0 Å². The predicted molar refractivity (Wildman–Crippen MR) is 87.6 cm³/mol. The molecular weight excluding hydrogens is 290 g/mol. The molecule has 1 aliphatic carbocycles. The molecule has 4 unspecified atom stereocenters. The van der Waals surface area contributed by atoms with Crippen LogP contribution in [-0.4, -0.2) is 22.0 Å². The Labute approximate surface area is 129 Å². The highest BCUT2D eigenvalue weighted by Gasteiger charge is 2.35. The molecule has 1 aromatic rings. The first-order valence-electron chi connectivity index (χ1n) is 7.46. The summed E-state index contributed by atoms with van der Waals surface area (Å²) in [5.74, 6) is 1.14. The van der Waals surface area contributed by atoms with E-state index in [1.807, 2.05) is 24.3 Å². The Morgan fingerprint density at radius 3 is 2.65 bits per heavy atom. The third-order valence-electron chi connectivity index (χ3n) is 4.20. The smallest absolute Gasteiger partial charge is 0.0488 e. The van der Waals surface area contributed by atoms with Crippen LogP contribution in [0.1, 0.15) is 38.7 Å². The van der Waals surface area contributed by atoms with Gasteiger partial charge in [-0.2, -0.15) is 0 Å². The molecule has 1 N–H and O–H groups in total. The van der Waals surface area contributed by atoms with Crippen LogP contribution < -0.4 is 5.32 Å². The summed E-state index contributed by atoms with van der Waals surface area (Å²) >= 11 is 5.88. The zero-order valence-corrected chi connectivity index (χ0v) is 13.8. The fourth-order valence-corrected chi connectivity index (χ4v) is 4.90. The van der Waals surface area contributed by atoms with Gasteiger partial charge in [0.15, 0.2) is 0 Å². The minimum Gasteiger partial charge on any atom is -0.314 e. The van der Waals surface area contributed by atoms with E-state index in [1.165, 1.54) is 0 Å². The summed E-state index contributed by atoms with van der Waals surface area (Å²) in [6, 6.07) is 8.24. The van der Waals surface area contributed by atoms with E-state index in [9.17, 15) is 4.21 Å². The van der Waals surface area contributed by atoms with Gasteiger partial charge in [-0.3, -0.25) is 4.21 Å². The van der Waals surface area contributed by atoms with Gasteiger partial charge < -0.3 is 5.32 Å². The molecule has 0 saturated heterocycles. The largest absolute Gasteiger partial charge is 0.314 e. The van der Waals surface area contributed by atoms with E-state index in [2.05, 4.69) is 19.2 Å². The standard InChI is InChI=1S/C16H24ClNOS/c1-3-10-18-15-8-9-16(12(15)2)20(19)11-13-4-6-14(17)7-5-13/h4-7,12,15-16,18H,3,8-11H2,1-2H3. The summed E-state index contributed by atoms with van der Waals surface area (Å²) < 4.78 is 12.6. The molecule has 4 heteroatoms. The average molecular weight is 314 g/mol. The van der Waals surface area contributed by atoms with Crippen LogP contribution in [0.3, 0.4) is 0 Å². The molecule has 1 fully saturated rings. The van der Waals surface area contributed by atoms with Crippen molar-refractivity contribution in [3.8, 4) is 0 Å². The number of hydrogen-bond donors (Lipinski definition) is 1. The normalized spacial score (nSPS) is 27.6. The molecule has 1 aliphatic rings. The van der Waals surface area contributed by atoms with Crippen molar-refractivity contribution in [2.45, 2.75) is 50.2 Å². The molecule has 1 saturated carbocycles. The quantitative estimate of drug-likeness (QED) is 0.866. The van der Waals surface area contributed by atoms with Crippen LogP contribution in [0.5, 0.6) is 0 Å². The Bertz CT molecular complexity index is 448. The lowest BCUT2D eigenvalue weighted by atomic mass is 10.1. The Hall–Kier alpha value is -0.380. The van der Waals surface area contributed by atoms with Crippen LogP contribution in [0.4, 0.5) is 0 Å². The predicted octanol–water partition coefficient (Wildman–Crippen LogP) is 3.76. The van der Waals surface area contributed by atoms with Crippen LogP contribution in [-0.2, 0) is 16.6 Å². The summed E-state index contributed by atoms with van der Waals surface area (Å²) in [4.78, 5) is 0. The molecule has 0 aromatic heterocycles. The van der Waals surface area contributed by atoms with Crippen molar-refractivity contribution < 1.29 is 4.21 Å². The molecule has 0 heterocycles. The molecule has 20 heavy (non-hydrogen) atoms. The van der Waals surface area contributed by atoms with Gasteiger partial charge in [-0.05, 0) is 49.4 Å². The van der Waals surface area contributed by atoms with Gasteiger partial charge in [0, 0.05) is 32.9 Å². The molecule has 112 valence electrons. The maximum absolute atomic E-state index is 12.6. The molecule has 2 rings (SSSR count). The second-order valence-electron chi connectivity index (χ2n) is 5.69. The first kappa shape index (κ1) is 16.0. The van der Waals surface area contributed by atoms with Crippen molar-refractivity contribution in [3.63, 3.8) is 0 Å².